The van der Waals surface area contributed by atoms with Crippen molar-refractivity contribution in [3.63, 3.8) is 0 Å². The minimum atomic E-state index is -4.10. The van der Waals surface area contributed by atoms with Crippen LogP contribution in [0.15, 0.2) is 47.4 Å². The smallest absolute Gasteiger partial charge is 0.243 e. The van der Waals surface area contributed by atoms with E-state index in [4.69, 9.17) is 0 Å². The normalized spacial score (nSPS) is 11.3. The zero-order chi connectivity index (χ0) is 19.2. The molecule has 0 heterocycles. The standard InChI is InChI=1S/C18H20F2N2O3S/c1-2-13-5-8-15(9-6-13)22-18(23)4-3-11-21-26(24,25)17-10-7-14(19)12-16(17)20/h5-10,12,21H,2-4,11H2,1H3,(H,22,23). The summed E-state index contributed by atoms with van der Waals surface area (Å²) in [6.07, 6.45) is 1.24. The molecule has 0 saturated heterocycles. The fraction of sp³-hybridized carbons (Fsp3) is 0.278. The van der Waals surface area contributed by atoms with Crippen LogP contribution in [-0.2, 0) is 21.2 Å². The van der Waals surface area contributed by atoms with E-state index in [1.807, 2.05) is 19.1 Å². The summed E-state index contributed by atoms with van der Waals surface area (Å²) < 4.78 is 52.6. The summed E-state index contributed by atoms with van der Waals surface area (Å²) >= 11 is 0. The van der Waals surface area contributed by atoms with Crippen LogP contribution in [0.25, 0.3) is 0 Å². The van der Waals surface area contributed by atoms with Crippen LogP contribution < -0.4 is 10.0 Å². The van der Waals surface area contributed by atoms with Gasteiger partial charge in [0.05, 0.1) is 0 Å². The number of halogens is 2. The second-order valence-electron chi connectivity index (χ2n) is 5.67. The Balaban J connectivity index is 1.80. The number of hydrogen-bond acceptors (Lipinski definition) is 3. The SMILES string of the molecule is CCc1ccc(NC(=O)CCCNS(=O)(=O)c2ccc(F)cc2F)cc1. The molecule has 0 aliphatic rings. The van der Waals surface area contributed by atoms with Crippen LogP contribution >= 0.6 is 0 Å². The van der Waals surface area contributed by atoms with Gasteiger partial charge in [0, 0.05) is 24.7 Å². The summed E-state index contributed by atoms with van der Waals surface area (Å²) in [4.78, 5) is 11.2. The van der Waals surface area contributed by atoms with E-state index in [1.165, 1.54) is 0 Å². The molecule has 0 aliphatic carbocycles. The third kappa shape index (κ3) is 5.60. The Morgan fingerprint density at radius 3 is 2.38 bits per heavy atom. The molecule has 1 amide bonds. The first-order valence-electron chi connectivity index (χ1n) is 8.15. The van der Waals surface area contributed by atoms with E-state index in [2.05, 4.69) is 10.0 Å². The predicted octanol–water partition coefficient (Wildman–Crippen LogP) is 3.22. The summed E-state index contributed by atoms with van der Waals surface area (Å²) in [5, 5.41) is 2.72. The van der Waals surface area contributed by atoms with E-state index in [-0.39, 0.29) is 25.3 Å². The highest BCUT2D eigenvalue weighted by atomic mass is 32.2. The summed E-state index contributed by atoms with van der Waals surface area (Å²) in [5.41, 5.74) is 1.83. The van der Waals surface area contributed by atoms with Gasteiger partial charge in [-0.15, -0.1) is 0 Å². The van der Waals surface area contributed by atoms with E-state index < -0.39 is 26.6 Å². The fourth-order valence-corrected chi connectivity index (χ4v) is 3.41. The van der Waals surface area contributed by atoms with Gasteiger partial charge in [-0.2, -0.15) is 0 Å². The van der Waals surface area contributed by atoms with Gasteiger partial charge in [0.2, 0.25) is 15.9 Å². The number of hydrogen-bond donors (Lipinski definition) is 2. The molecule has 2 rings (SSSR count). The maximum absolute atomic E-state index is 13.6. The van der Waals surface area contributed by atoms with Gasteiger partial charge in [0.15, 0.2) is 0 Å². The van der Waals surface area contributed by atoms with Crippen LogP contribution in [0.3, 0.4) is 0 Å². The van der Waals surface area contributed by atoms with E-state index in [1.54, 1.807) is 12.1 Å². The van der Waals surface area contributed by atoms with Crippen LogP contribution in [0, 0.1) is 11.6 Å². The number of amides is 1. The van der Waals surface area contributed by atoms with Crippen LogP contribution in [-0.4, -0.2) is 20.9 Å². The third-order valence-electron chi connectivity index (χ3n) is 3.70. The van der Waals surface area contributed by atoms with E-state index >= 15 is 0 Å². The lowest BCUT2D eigenvalue weighted by Crippen LogP contribution is -2.26. The van der Waals surface area contributed by atoms with E-state index in [9.17, 15) is 22.0 Å². The average Bonchev–Trinajstić information content (AvgIpc) is 2.59. The first-order chi connectivity index (χ1) is 12.3. The number of benzene rings is 2. The van der Waals surface area contributed by atoms with Crippen molar-refractivity contribution in [3.8, 4) is 0 Å². The lowest BCUT2D eigenvalue weighted by Gasteiger charge is -2.08. The Bertz CT molecular complexity index is 869. The molecular formula is C18H20F2N2O3S. The third-order valence-corrected chi connectivity index (χ3v) is 5.20. The molecule has 0 saturated carbocycles. The Kier molecular flexibility index (Phi) is 6.82. The molecule has 2 aromatic carbocycles. The Hall–Kier alpha value is -2.32. The van der Waals surface area contributed by atoms with Gasteiger partial charge in [-0.1, -0.05) is 19.1 Å². The first-order valence-corrected chi connectivity index (χ1v) is 9.63. The molecule has 0 unspecified atom stereocenters. The highest BCUT2D eigenvalue weighted by molar-refractivity contribution is 7.89. The van der Waals surface area contributed by atoms with Gasteiger partial charge in [-0.3, -0.25) is 4.79 Å². The molecule has 2 N–H and O–H groups in total. The van der Waals surface area contributed by atoms with Crippen molar-refractivity contribution >= 4 is 21.6 Å². The average molecular weight is 382 g/mol. The van der Waals surface area contributed by atoms with Gasteiger partial charge in [-0.05, 0) is 42.7 Å². The lowest BCUT2D eigenvalue weighted by atomic mass is 10.1. The summed E-state index contributed by atoms with van der Waals surface area (Å²) in [6.45, 7) is 1.99. The number of aryl methyl sites for hydroxylation is 1. The van der Waals surface area contributed by atoms with Crippen molar-refractivity contribution < 1.29 is 22.0 Å². The highest BCUT2D eigenvalue weighted by Gasteiger charge is 2.19. The molecule has 0 aromatic heterocycles. The second kappa shape index (κ2) is 8.86. The van der Waals surface area contributed by atoms with Crippen LogP contribution in [0.2, 0.25) is 0 Å². The molecule has 0 atom stereocenters. The monoisotopic (exact) mass is 382 g/mol. The molecule has 0 fully saturated rings. The van der Waals surface area contributed by atoms with E-state index in [0.29, 0.717) is 11.8 Å². The Morgan fingerprint density at radius 2 is 1.77 bits per heavy atom. The topological polar surface area (TPSA) is 75.3 Å². The second-order valence-corrected chi connectivity index (χ2v) is 7.41. The van der Waals surface area contributed by atoms with Gasteiger partial charge in [-0.25, -0.2) is 21.9 Å². The molecule has 2 aromatic rings. The zero-order valence-corrected chi connectivity index (χ0v) is 15.1. The van der Waals surface area contributed by atoms with Crippen molar-refractivity contribution in [2.45, 2.75) is 31.1 Å². The lowest BCUT2D eigenvalue weighted by molar-refractivity contribution is -0.116. The molecule has 140 valence electrons. The van der Waals surface area contributed by atoms with Crippen LogP contribution in [0.1, 0.15) is 25.3 Å². The molecule has 5 nitrogen and oxygen atoms in total. The quantitative estimate of drug-likeness (QED) is 0.689. The minimum absolute atomic E-state index is 0.0403. The summed E-state index contributed by atoms with van der Waals surface area (Å²) in [6, 6.07) is 9.68. The van der Waals surface area contributed by atoms with Gasteiger partial charge in [0.25, 0.3) is 0 Å². The Morgan fingerprint density at radius 1 is 1.08 bits per heavy atom. The van der Waals surface area contributed by atoms with Crippen molar-refractivity contribution in [1.82, 2.24) is 4.72 Å². The highest BCUT2D eigenvalue weighted by Crippen LogP contribution is 2.15. The molecule has 0 spiro atoms. The summed E-state index contributed by atoms with van der Waals surface area (Å²) in [5.74, 6) is -2.27. The van der Waals surface area contributed by atoms with Crippen LogP contribution in [0.4, 0.5) is 14.5 Å². The predicted molar refractivity (Wildman–Crippen MR) is 95.2 cm³/mol. The Labute approximate surface area is 151 Å². The molecule has 0 aliphatic heterocycles. The number of carbonyl (C=O) groups is 1. The van der Waals surface area contributed by atoms with E-state index in [0.717, 1.165) is 24.1 Å². The van der Waals surface area contributed by atoms with Crippen LogP contribution in [0.5, 0.6) is 0 Å². The van der Waals surface area contributed by atoms with Gasteiger partial charge < -0.3 is 5.32 Å². The first kappa shape index (κ1) is 20.0. The number of nitrogens with one attached hydrogen (secondary N) is 2. The number of sulfonamides is 1. The molecule has 0 bridgehead atoms. The number of anilines is 1. The molecule has 0 radical (unpaired) electrons. The molecule has 26 heavy (non-hydrogen) atoms. The number of rotatable bonds is 8. The maximum atomic E-state index is 13.6. The molecular weight excluding hydrogens is 362 g/mol. The number of carbonyl (C=O) groups excluding carboxylic acids is 1. The maximum Gasteiger partial charge on any atom is 0.243 e. The van der Waals surface area contributed by atoms with Crippen molar-refractivity contribution in [2.75, 3.05) is 11.9 Å². The largest absolute Gasteiger partial charge is 0.326 e. The minimum Gasteiger partial charge on any atom is -0.326 e. The van der Waals surface area contributed by atoms with Crippen molar-refractivity contribution in [2.24, 2.45) is 0 Å². The van der Waals surface area contributed by atoms with Gasteiger partial charge in [0.1, 0.15) is 16.5 Å². The molecule has 8 heteroatoms. The van der Waals surface area contributed by atoms with Gasteiger partial charge >= 0.3 is 0 Å². The van der Waals surface area contributed by atoms with Crippen molar-refractivity contribution in [1.29, 1.82) is 0 Å². The fourth-order valence-electron chi connectivity index (χ4n) is 2.27. The zero-order valence-electron chi connectivity index (χ0n) is 14.3. The van der Waals surface area contributed by atoms with Crippen molar-refractivity contribution in [3.05, 3.63) is 59.7 Å². The summed E-state index contributed by atoms with van der Waals surface area (Å²) in [7, 11) is -4.10.